The van der Waals surface area contributed by atoms with Gasteiger partial charge in [-0.1, -0.05) is 0 Å². The zero-order valence-electron chi connectivity index (χ0n) is 8.27. The number of hydrogen-bond acceptors (Lipinski definition) is 4. The number of amides is 1. The standard InChI is InChI=1S/C10H6BrNO3S2/c11-7-3-1-5(16-7)9(13)12-8-4-2-6(17-8)10(14)15/h1-4H,(H,12,13)(H,14,15). The van der Waals surface area contributed by atoms with Crippen LogP contribution in [-0.4, -0.2) is 17.0 Å². The van der Waals surface area contributed by atoms with Crippen LogP contribution in [-0.2, 0) is 0 Å². The minimum absolute atomic E-state index is 0.202. The van der Waals surface area contributed by atoms with E-state index in [9.17, 15) is 9.59 Å². The number of carbonyl (C=O) groups excluding carboxylic acids is 1. The Bertz CT molecular complexity index is 576. The second kappa shape index (κ2) is 4.99. The van der Waals surface area contributed by atoms with Crippen LogP contribution in [0.4, 0.5) is 5.00 Å². The van der Waals surface area contributed by atoms with E-state index in [4.69, 9.17) is 5.11 Å². The van der Waals surface area contributed by atoms with Gasteiger partial charge in [-0.25, -0.2) is 4.79 Å². The fourth-order valence-corrected chi connectivity index (χ4v) is 3.15. The zero-order valence-corrected chi connectivity index (χ0v) is 11.5. The normalized spacial score (nSPS) is 10.2. The number of hydrogen-bond donors (Lipinski definition) is 2. The average Bonchev–Trinajstić information content (AvgIpc) is 2.86. The maximum atomic E-state index is 11.7. The lowest BCUT2D eigenvalue weighted by molar-refractivity contribution is 0.0702. The molecule has 0 aliphatic rings. The van der Waals surface area contributed by atoms with Crippen LogP contribution >= 0.6 is 38.6 Å². The molecule has 0 aliphatic carbocycles. The van der Waals surface area contributed by atoms with Crippen molar-refractivity contribution in [1.29, 1.82) is 0 Å². The number of anilines is 1. The van der Waals surface area contributed by atoms with Crippen molar-refractivity contribution in [3.05, 3.63) is 37.8 Å². The molecule has 88 valence electrons. The molecule has 0 fully saturated rings. The molecular weight excluding hydrogens is 326 g/mol. The Hall–Kier alpha value is -1.18. The molecule has 2 aromatic rings. The van der Waals surface area contributed by atoms with Crippen molar-refractivity contribution in [2.24, 2.45) is 0 Å². The average molecular weight is 332 g/mol. The summed E-state index contributed by atoms with van der Waals surface area (Å²) < 4.78 is 0.875. The quantitative estimate of drug-likeness (QED) is 0.904. The summed E-state index contributed by atoms with van der Waals surface area (Å²) in [5.41, 5.74) is 0. The fraction of sp³-hybridized carbons (Fsp3) is 0. The Morgan fingerprint density at radius 1 is 1.12 bits per heavy atom. The van der Waals surface area contributed by atoms with E-state index in [1.54, 1.807) is 18.2 Å². The van der Waals surface area contributed by atoms with E-state index >= 15 is 0 Å². The first kappa shape index (κ1) is 12.3. The number of carboxylic acid groups (broad SMARTS) is 1. The molecule has 2 aromatic heterocycles. The molecule has 2 N–H and O–H groups in total. The van der Waals surface area contributed by atoms with Crippen LogP contribution < -0.4 is 5.32 Å². The number of aromatic carboxylic acids is 1. The van der Waals surface area contributed by atoms with Crippen molar-refractivity contribution in [3.8, 4) is 0 Å². The number of thiophene rings is 2. The summed E-state index contributed by atoms with van der Waals surface area (Å²) in [6.45, 7) is 0. The third-order valence-corrected chi connectivity index (χ3v) is 4.46. The minimum Gasteiger partial charge on any atom is -0.477 e. The van der Waals surface area contributed by atoms with Gasteiger partial charge in [0.05, 0.1) is 13.7 Å². The van der Waals surface area contributed by atoms with Crippen molar-refractivity contribution in [3.63, 3.8) is 0 Å². The number of carboxylic acids is 1. The van der Waals surface area contributed by atoms with Crippen LogP contribution in [0.5, 0.6) is 0 Å². The first-order valence-corrected chi connectivity index (χ1v) is 6.88. The number of rotatable bonds is 3. The first-order valence-electron chi connectivity index (χ1n) is 4.46. The van der Waals surface area contributed by atoms with Gasteiger partial charge in [-0.3, -0.25) is 4.79 Å². The van der Waals surface area contributed by atoms with Crippen molar-refractivity contribution in [2.45, 2.75) is 0 Å². The molecule has 0 aromatic carbocycles. The van der Waals surface area contributed by atoms with Crippen molar-refractivity contribution < 1.29 is 14.7 Å². The third-order valence-electron chi connectivity index (χ3n) is 1.85. The maximum absolute atomic E-state index is 11.7. The second-order valence-electron chi connectivity index (χ2n) is 3.03. The van der Waals surface area contributed by atoms with Crippen LogP contribution in [0, 0.1) is 0 Å². The fourth-order valence-electron chi connectivity index (χ4n) is 1.13. The van der Waals surface area contributed by atoms with E-state index in [2.05, 4.69) is 21.2 Å². The molecule has 0 spiro atoms. The van der Waals surface area contributed by atoms with Crippen molar-refractivity contribution in [2.75, 3.05) is 5.32 Å². The second-order valence-corrected chi connectivity index (χ2v) is 6.57. The van der Waals surface area contributed by atoms with Gasteiger partial charge in [0, 0.05) is 0 Å². The first-order chi connectivity index (χ1) is 8.06. The molecule has 0 bridgehead atoms. The van der Waals surface area contributed by atoms with E-state index in [0.29, 0.717) is 9.88 Å². The van der Waals surface area contributed by atoms with Gasteiger partial charge >= 0.3 is 5.97 Å². The highest BCUT2D eigenvalue weighted by Gasteiger charge is 2.12. The molecule has 2 heterocycles. The minimum atomic E-state index is -0.991. The highest BCUT2D eigenvalue weighted by molar-refractivity contribution is 9.11. The molecule has 17 heavy (non-hydrogen) atoms. The summed E-state index contributed by atoms with van der Waals surface area (Å²) in [7, 11) is 0. The Kier molecular flexibility index (Phi) is 3.60. The van der Waals surface area contributed by atoms with Gasteiger partial charge in [0.1, 0.15) is 4.88 Å². The molecule has 0 unspecified atom stereocenters. The van der Waals surface area contributed by atoms with E-state index in [1.165, 1.54) is 17.4 Å². The monoisotopic (exact) mass is 331 g/mol. The third kappa shape index (κ3) is 2.93. The summed E-state index contributed by atoms with van der Waals surface area (Å²) in [5, 5.41) is 11.9. The maximum Gasteiger partial charge on any atom is 0.345 e. The van der Waals surface area contributed by atoms with Crippen molar-refractivity contribution in [1.82, 2.24) is 0 Å². The number of halogens is 1. The molecule has 7 heteroatoms. The molecule has 0 saturated heterocycles. The zero-order chi connectivity index (χ0) is 12.4. The summed E-state index contributed by atoms with van der Waals surface area (Å²) in [4.78, 5) is 23.2. The Labute approximate surface area is 113 Å². The summed E-state index contributed by atoms with van der Waals surface area (Å²) in [5.74, 6) is -1.23. The van der Waals surface area contributed by atoms with Gasteiger partial charge in [-0.05, 0) is 40.2 Å². The topological polar surface area (TPSA) is 66.4 Å². The summed E-state index contributed by atoms with van der Waals surface area (Å²) >= 11 is 5.63. The lowest BCUT2D eigenvalue weighted by Gasteiger charge is -1.98. The van der Waals surface area contributed by atoms with Crippen LogP contribution in [0.2, 0.25) is 0 Å². The predicted molar refractivity (Wildman–Crippen MR) is 71.3 cm³/mol. The van der Waals surface area contributed by atoms with Gasteiger partial charge in [0.25, 0.3) is 5.91 Å². The molecule has 0 atom stereocenters. The molecular formula is C10H6BrNO3S2. The van der Waals surface area contributed by atoms with E-state index in [1.807, 2.05) is 0 Å². The van der Waals surface area contributed by atoms with E-state index < -0.39 is 5.97 Å². The Morgan fingerprint density at radius 3 is 2.35 bits per heavy atom. The SMILES string of the molecule is O=C(O)c1ccc(NC(=O)c2ccc(Br)s2)s1. The predicted octanol–water partition coefficient (Wildman–Crippen LogP) is 3.52. The van der Waals surface area contributed by atoms with Gasteiger partial charge in [0.2, 0.25) is 0 Å². The van der Waals surface area contributed by atoms with E-state index in [-0.39, 0.29) is 10.8 Å². The van der Waals surface area contributed by atoms with Crippen LogP contribution in [0.3, 0.4) is 0 Å². The summed E-state index contributed by atoms with van der Waals surface area (Å²) in [6.07, 6.45) is 0. The van der Waals surface area contributed by atoms with Crippen LogP contribution in [0.1, 0.15) is 19.3 Å². The van der Waals surface area contributed by atoms with Gasteiger partial charge < -0.3 is 10.4 Å². The number of nitrogens with one attached hydrogen (secondary N) is 1. The number of carbonyl (C=O) groups is 2. The van der Waals surface area contributed by atoms with Gasteiger partial charge in [0.15, 0.2) is 0 Å². The summed E-state index contributed by atoms with van der Waals surface area (Å²) in [6, 6.07) is 6.54. The molecule has 4 nitrogen and oxygen atoms in total. The highest BCUT2D eigenvalue weighted by atomic mass is 79.9. The van der Waals surface area contributed by atoms with Gasteiger partial charge in [-0.15, -0.1) is 22.7 Å². The highest BCUT2D eigenvalue weighted by Crippen LogP contribution is 2.25. The molecule has 0 radical (unpaired) electrons. The molecule has 0 aliphatic heterocycles. The lowest BCUT2D eigenvalue weighted by atomic mass is 10.4. The Morgan fingerprint density at radius 2 is 1.82 bits per heavy atom. The van der Waals surface area contributed by atoms with Crippen molar-refractivity contribution >= 4 is 55.5 Å². The molecule has 1 amide bonds. The van der Waals surface area contributed by atoms with E-state index in [0.717, 1.165) is 15.1 Å². The Balaban J connectivity index is 2.10. The van der Waals surface area contributed by atoms with Crippen LogP contribution in [0.25, 0.3) is 0 Å². The largest absolute Gasteiger partial charge is 0.477 e. The van der Waals surface area contributed by atoms with Crippen LogP contribution in [0.15, 0.2) is 28.1 Å². The van der Waals surface area contributed by atoms with Gasteiger partial charge in [-0.2, -0.15) is 0 Å². The lowest BCUT2D eigenvalue weighted by Crippen LogP contribution is -2.08. The smallest absolute Gasteiger partial charge is 0.345 e. The molecule has 2 rings (SSSR count). The molecule has 0 saturated carbocycles.